The first-order chi connectivity index (χ1) is 20.1. The van der Waals surface area contributed by atoms with E-state index < -0.39 is 23.4 Å². The maximum absolute atomic E-state index is 15.5. The summed E-state index contributed by atoms with van der Waals surface area (Å²) in [6, 6.07) is 16.0. The van der Waals surface area contributed by atoms with Gasteiger partial charge in [-0.25, -0.2) is 4.39 Å². The van der Waals surface area contributed by atoms with E-state index in [9.17, 15) is 4.39 Å². The van der Waals surface area contributed by atoms with Gasteiger partial charge in [0.1, 0.15) is 18.3 Å². The molecule has 1 unspecified atom stereocenters. The Balaban J connectivity index is 0.00000147. The molecule has 1 heterocycles. The van der Waals surface area contributed by atoms with Gasteiger partial charge in [0.2, 0.25) is 0 Å². The summed E-state index contributed by atoms with van der Waals surface area (Å²) in [5.74, 6) is -5.78. The van der Waals surface area contributed by atoms with E-state index in [2.05, 4.69) is 22.5 Å². The molecule has 1 aromatic heterocycles. The lowest BCUT2D eigenvalue weighted by molar-refractivity contribution is -0.0980. The van der Waals surface area contributed by atoms with Crippen LogP contribution >= 0.6 is 12.2 Å². The minimum absolute atomic E-state index is 0.146. The summed E-state index contributed by atoms with van der Waals surface area (Å²) in [5, 5.41) is 14.3. The molecule has 228 valence electrons. The lowest BCUT2D eigenvalue weighted by Crippen LogP contribution is -2.39. The second-order valence-electron chi connectivity index (χ2n) is 8.94. The molecule has 6 nitrogen and oxygen atoms in total. The highest BCUT2D eigenvalue weighted by atomic mass is 32.1. The first-order valence-electron chi connectivity index (χ1n) is 13.7. The van der Waals surface area contributed by atoms with Crippen LogP contribution in [0.3, 0.4) is 0 Å². The normalized spacial score (nSPS) is 10.7. The average molecular weight is 602 g/mol. The van der Waals surface area contributed by atoms with E-state index in [1.165, 1.54) is 37.2 Å². The Bertz CT molecular complexity index is 1230. The topological polar surface area (TPSA) is 104 Å². The summed E-state index contributed by atoms with van der Waals surface area (Å²) in [5.41, 5.74) is 7.62. The van der Waals surface area contributed by atoms with Crippen molar-refractivity contribution in [3.8, 4) is 6.07 Å². The van der Waals surface area contributed by atoms with Gasteiger partial charge in [-0.05, 0) is 92.1 Å². The highest BCUT2D eigenvalue weighted by Crippen LogP contribution is 2.42. The third kappa shape index (κ3) is 12.8. The van der Waals surface area contributed by atoms with Crippen LogP contribution in [0, 0.1) is 24.1 Å². The molecule has 0 amide bonds. The molecule has 4 N–H and O–H groups in total. The summed E-state index contributed by atoms with van der Waals surface area (Å²) in [7, 11) is 1.98. The lowest BCUT2D eigenvalue weighted by atomic mass is 9.89. The SMILES string of the molecule is C=O.CC.CCCCNC.Cc1ccc(C(CNC(N)=S)C(F)(F)c2ccc(Cc3ccc(C#N)cc3)cn2)c(F)c1. The second kappa shape index (κ2) is 21.0. The number of carbonyl (C=O) groups is 1. The molecule has 3 aromatic rings. The number of aromatic nitrogens is 1. The standard InChI is InChI=1S/C24H21F3N4S.C5H13N.C2H6.CH2O/c1-15-2-8-19(21(25)10-15)20(14-31-23(29)32)24(26,27)22-9-7-18(13-30-22)11-16-3-5-17(12-28)6-4-16;1-3-4-5-6-2;2*1-2/h2-10,13,20H,11,14H2,1H3,(H3,29,31,32);6H,3-5H2,1-2H3;1-2H3;1H2. The molecule has 0 radical (unpaired) electrons. The number of hydrogen-bond acceptors (Lipinski definition) is 5. The third-order valence-electron chi connectivity index (χ3n) is 5.89. The summed E-state index contributed by atoms with van der Waals surface area (Å²) >= 11 is 4.75. The average Bonchev–Trinajstić information content (AvgIpc) is 3.00. The molecule has 1 atom stereocenters. The molecule has 2 aromatic carbocycles. The number of hydrogen-bond donors (Lipinski definition) is 3. The molecular weight excluding hydrogens is 559 g/mol. The van der Waals surface area contributed by atoms with Gasteiger partial charge in [0.25, 0.3) is 5.92 Å². The molecule has 42 heavy (non-hydrogen) atoms. The number of pyridine rings is 1. The van der Waals surface area contributed by atoms with Crippen LogP contribution < -0.4 is 16.4 Å². The molecule has 0 spiro atoms. The minimum atomic E-state index is -3.49. The van der Waals surface area contributed by atoms with Crippen molar-refractivity contribution in [3.05, 3.63) is 100 Å². The number of aryl methyl sites for hydroxylation is 1. The molecule has 0 aliphatic carbocycles. The van der Waals surface area contributed by atoms with E-state index in [-0.39, 0.29) is 17.2 Å². The van der Waals surface area contributed by atoms with E-state index in [1.807, 2.05) is 33.8 Å². The lowest BCUT2D eigenvalue weighted by Gasteiger charge is -2.28. The number of nitrogens with two attached hydrogens (primary N) is 1. The van der Waals surface area contributed by atoms with Gasteiger partial charge in [0, 0.05) is 12.7 Å². The van der Waals surface area contributed by atoms with Gasteiger partial charge in [-0.15, -0.1) is 0 Å². The first kappa shape index (κ1) is 38.2. The predicted molar refractivity (Wildman–Crippen MR) is 168 cm³/mol. The molecular formula is C32H42F3N5OS. The van der Waals surface area contributed by atoms with Gasteiger partial charge in [0.15, 0.2) is 5.11 Å². The number of halogens is 3. The molecule has 10 heteroatoms. The smallest absolute Gasteiger partial charge is 0.298 e. The van der Waals surface area contributed by atoms with Crippen molar-refractivity contribution in [2.75, 3.05) is 20.1 Å². The maximum atomic E-state index is 15.5. The summed E-state index contributed by atoms with van der Waals surface area (Å²) in [6.07, 6.45) is 4.45. The molecule has 0 aliphatic heterocycles. The largest absolute Gasteiger partial charge is 0.376 e. The van der Waals surface area contributed by atoms with Gasteiger partial charge >= 0.3 is 0 Å². The van der Waals surface area contributed by atoms with Crippen molar-refractivity contribution in [2.24, 2.45) is 5.73 Å². The van der Waals surface area contributed by atoms with Gasteiger partial charge in [-0.2, -0.15) is 14.0 Å². The van der Waals surface area contributed by atoms with Crippen LogP contribution in [0.15, 0.2) is 60.8 Å². The number of unbranched alkanes of at least 4 members (excludes halogenated alkanes) is 1. The van der Waals surface area contributed by atoms with E-state index in [4.69, 9.17) is 28.0 Å². The van der Waals surface area contributed by atoms with Gasteiger partial charge < -0.3 is 21.2 Å². The fourth-order valence-corrected chi connectivity index (χ4v) is 3.83. The molecule has 0 fully saturated rings. The Morgan fingerprint density at radius 1 is 1.12 bits per heavy atom. The minimum Gasteiger partial charge on any atom is -0.376 e. The Labute approximate surface area is 253 Å². The van der Waals surface area contributed by atoms with Crippen molar-refractivity contribution < 1.29 is 18.0 Å². The number of nitriles is 1. The van der Waals surface area contributed by atoms with E-state index in [0.717, 1.165) is 17.7 Å². The summed E-state index contributed by atoms with van der Waals surface area (Å²) < 4.78 is 45.6. The van der Waals surface area contributed by atoms with E-state index in [0.29, 0.717) is 17.5 Å². The second-order valence-corrected chi connectivity index (χ2v) is 9.38. The maximum Gasteiger partial charge on any atom is 0.298 e. The van der Waals surface area contributed by atoms with Gasteiger partial charge in [-0.1, -0.05) is 57.5 Å². The molecule has 0 saturated heterocycles. The van der Waals surface area contributed by atoms with Crippen LogP contribution in [0.4, 0.5) is 13.2 Å². The Hall–Kier alpha value is -3.81. The molecule has 0 aliphatic rings. The number of carbonyl (C=O) groups excluding carboxylic acids is 1. The van der Waals surface area contributed by atoms with Crippen LogP contribution in [-0.4, -0.2) is 37.0 Å². The van der Waals surface area contributed by atoms with Crippen LogP contribution in [-0.2, 0) is 17.1 Å². The van der Waals surface area contributed by atoms with Crippen molar-refractivity contribution >= 4 is 24.1 Å². The number of rotatable bonds is 10. The Kier molecular flexibility index (Phi) is 19.1. The van der Waals surface area contributed by atoms with Gasteiger partial charge in [0.05, 0.1) is 17.6 Å². The molecule has 3 rings (SSSR count). The fraction of sp³-hybridized carbons (Fsp3) is 0.375. The zero-order valence-corrected chi connectivity index (χ0v) is 25.8. The highest BCUT2D eigenvalue weighted by molar-refractivity contribution is 7.80. The first-order valence-corrected chi connectivity index (χ1v) is 14.1. The highest BCUT2D eigenvalue weighted by Gasteiger charge is 2.44. The number of alkyl halides is 2. The number of benzene rings is 2. The zero-order valence-electron chi connectivity index (χ0n) is 25.0. The fourth-order valence-electron chi connectivity index (χ4n) is 3.74. The van der Waals surface area contributed by atoms with E-state index >= 15 is 8.78 Å². The van der Waals surface area contributed by atoms with Crippen molar-refractivity contribution in [1.29, 1.82) is 5.26 Å². The Morgan fingerprint density at radius 3 is 2.19 bits per heavy atom. The Morgan fingerprint density at radius 2 is 1.74 bits per heavy atom. The number of nitrogens with zero attached hydrogens (tertiary/aromatic N) is 2. The van der Waals surface area contributed by atoms with Crippen LogP contribution in [0.2, 0.25) is 0 Å². The van der Waals surface area contributed by atoms with Crippen LogP contribution in [0.25, 0.3) is 0 Å². The van der Waals surface area contributed by atoms with Crippen LogP contribution in [0.5, 0.6) is 0 Å². The monoisotopic (exact) mass is 601 g/mol. The van der Waals surface area contributed by atoms with Crippen molar-refractivity contribution in [1.82, 2.24) is 15.6 Å². The molecule has 0 saturated carbocycles. The quantitative estimate of drug-likeness (QED) is 0.179. The summed E-state index contributed by atoms with van der Waals surface area (Å²) in [6.45, 7) is 10.7. The van der Waals surface area contributed by atoms with Gasteiger partial charge in [-0.3, -0.25) is 4.98 Å². The van der Waals surface area contributed by atoms with E-state index in [1.54, 1.807) is 43.3 Å². The number of thiocarbonyl (C=S) groups is 1. The zero-order chi connectivity index (χ0) is 32.1. The van der Waals surface area contributed by atoms with Crippen molar-refractivity contribution in [2.45, 2.75) is 58.8 Å². The van der Waals surface area contributed by atoms with Crippen LogP contribution in [0.1, 0.15) is 73.0 Å². The third-order valence-corrected chi connectivity index (χ3v) is 6.03. The van der Waals surface area contributed by atoms with Crippen molar-refractivity contribution in [3.63, 3.8) is 0 Å². The number of nitrogens with one attached hydrogen (secondary N) is 2. The molecule has 0 bridgehead atoms. The predicted octanol–water partition coefficient (Wildman–Crippen LogP) is 6.55. The summed E-state index contributed by atoms with van der Waals surface area (Å²) in [4.78, 5) is 12.0.